The minimum absolute atomic E-state index is 0.580. The van der Waals surface area contributed by atoms with Crippen LogP contribution >= 0.6 is 0 Å². The molecular weight excluding hydrogens is 260 g/mol. The number of benzene rings is 1. The van der Waals surface area contributed by atoms with Crippen molar-refractivity contribution in [3.8, 4) is 0 Å². The van der Waals surface area contributed by atoms with Crippen LogP contribution in [0, 0.1) is 12.8 Å². The van der Waals surface area contributed by atoms with Gasteiger partial charge in [0.25, 0.3) is 0 Å². The van der Waals surface area contributed by atoms with Gasteiger partial charge >= 0.3 is 0 Å². The third-order valence-electron chi connectivity index (χ3n) is 3.39. The molecule has 0 saturated heterocycles. The zero-order chi connectivity index (χ0) is 14.8. The van der Waals surface area contributed by atoms with Crippen molar-refractivity contribution < 1.29 is 0 Å². The number of nitrogens with zero attached hydrogens (tertiary/aromatic N) is 3. The Morgan fingerprint density at radius 1 is 1.24 bits per heavy atom. The molecule has 2 aromatic heterocycles. The largest absolute Gasteiger partial charge is 0.325 e. The predicted molar refractivity (Wildman–Crippen MR) is 86.8 cm³/mol. The Kier molecular flexibility index (Phi) is 3.60. The lowest BCUT2D eigenvalue weighted by molar-refractivity contribution is 0.527. The lowest BCUT2D eigenvalue weighted by Crippen LogP contribution is -2.07. The fraction of sp³-hybridized carbons (Fsp3) is 0.294. The Morgan fingerprint density at radius 3 is 2.90 bits per heavy atom. The topological polar surface area (TPSA) is 42.7 Å². The van der Waals surface area contributed by atoms with Gasteiger partial charge in [-0.15, -0.1) is 0 Å². The third kappa shape index (κ3) is 2.89. The van der Waals surface area contributed by atoms with E-state index in [1.54, 1.807) is 0 Å². The quantitative estimate of drug-likeness (QED) is 0.781. The first-order chi connectivity index (χ1) is 10.1. The molecule has 108 valence electrons. The van der Waals surface area contributed by atoms with Gasteiger partial charge in [0.1, 0.15) is 0 Å². The highest BCUT2D eigenvalue weighted by molar-refractivity contribution is 5.94. The number of anilines is 2. The van der Waals surface area contributed by atoms with E-state index in [4.69, 9.17) is 0 Å². The van der Waals surface area contributed by atoms with Crippen molar-refractivity contribution in [2.75, 3.05) is 5.32 Å². The molecule has 0 saturated carbocycles. The molecule has 4 nitrogen and oxygen atoms in total. The molecular formula is C17H20N4. The van der Waals surface area contributed by atoms with Crippen molar-refractivity contribution in [3.05, 3.63) is 48.5 Å². The molecule has 21 heavy (non-hydrogen) atoms. The monoisotopic (exact) mass is 280 g/mol. The Labute approximate surface area is 124 Å². The maximum absolute atomic E-state index is 4.60. The Hall–Kier alpha value is -2.36. The molecule has 0 radical (unpaired) electrons. The van der Waals surface area contributed by atoms with E-state index in [1.165, 1.54) is 0 Å². The number of fused-ring (bicyclic) bond motifs is 1. The van der Waals surface area contributed by atoms with Crippen LogP contribution in [0.2, 0.25) is 0 Å². The van der Waals surface area contributed by atoms with E-state index in [2.05, 4.69) is 52.0 Å². The number of pyridine rings is 1. The van der Waals surface area contributed by atoms with Crippen LogP contribution in [-0.4, -0.2) is 14.5 Å². The molecule has 3 rings (SSSR count). The van der Waals surface area contributed by atoms with Gasteiger partial charge in [0, 0.05) is 41.6 Å². The van der Waals surface area contributed by atoms with Crippen LogP contribution in [-0.2, 0) is 6.54 Å². The molecule has 4 heteroatoms. The number of aromatic nitrogens is 3. The SMILES string of the molecule is Cc1cn(CC(C)C)c(Nc2cccc3cnccc23)n1. The van der Waals surface area contributed by atoms with Crippen molar-refractivity contribution >= 4 is 22.4 Å². The molecule has 3 aromatic rings. The normalized spacial score (nSPS) is 11.2. The summed E-state index contributed by atoms with van der Waals surface area (Å²) in [5.41, 5.74) is 2.09. The summed E-state index contributed by atoms with van der Waals surface area (Å²) in [6.45, 7) is 7.40. The second kappa shape index (κ2) is 5.56. The van der Waals surface area contributed by atoms with Crippen LogP contribution in [0.15, 0.2) is 42.9 Å². The molecule has 0 atom stereocenters. The van der Waals surface area contributed by atoms with E-state index in [1.807, 2.05) is 31.5 Å². The molecule has 1 aromatic carbocycles. The Morgan fingerprint density at radius 2 is 2.10 bits per heavy atom. The summed E-state index contributed by atoms with van der Waals surface area (Å²) < 4.78 is 2.18. The second-order valence-electron chi connectivity index (χ2n) is 5.78. The van der Waals surface area contributed by atoms with Crippen molar-refractivity contribution in [3.63, 3.8) is 0 Å². The Bertz CT molecular complexity index is 753. The lowest BCUT2D eigenvalue weighted by atomic mass is 10.1. The number of aryl methyl sites for hydroxylation is 1. The summed E-state index contributed by atoms with van der Waals surface area (Å²) in [6, 6.07) is 8.21. The average Bonchev–Trinajstić information content (AvgIpc) is 2.78. The van der Waals surface area contributed by atoms with Crippen LogP contribution in [0.25, 0.3) is 10.8 Å². The summed E-state index contributed by atoms with van der Waals surface area (Å²) in [5.74, 6) is 1.47. The van der Waals surface area contributed by atoms with Gasteiger partial charge in [-0.2, -0.15) is 0 Å². The van der Waals surface area contributed by atoms with E-state index in [9.17, 15) is 0 Å². The van der Waals surface area contributed by atoms with Crippen molar-refractivity contribution in [2.24, 2.45) is 5.92 Å². The van der Waals surface area contributed by atoms with Crippen LogP contribution in [0.4, 0.5) is 11.6 Å². The minimum atomic E-state index is 0.580. The minimum Gasteiger partial charge on any atom is -0.325 e. The highest BCUT2D eigenvalue weighted by Gasteiger charge is 2.09. The highest BCUT2D eigenvalue weighted by atomic mass is 15.2. The molecule has 0 amide bonds. The first-order valence-electron chi connectivity index (χ1n) is 7.27. The van der Waals surface area contributed by atoms with E-state index >= 15 is 0 Å². The molecule has 0 aliphatic rings. The van der Waals surface area contributed by atoms with E-state index in [0.717, 1.165) is 34.6 Å². The van der Waals surface area contributed by atoms with E-state index < -0.39 is 0 Å². The fourth-order valence-corrected chi connectivity index (χ4v) is 2.53. The first kappa shape index (κ1) is 13.6. The molecule has 0 aliphatic carbocycles. The van der Waals surface area contributed by atoms with Gasteiger partial charge in [0.2, 0.25) is 5.95 Å². The molecule has 0 fully saturated rings. The lowest BCUT2D eigenvalue weighted by Gasteiger charge is -2.13. The van der Waals surface area contributed by atoms with Crippen molar-refractivity contribution in [1.82, 2.24) is 14.5 Å². The van der Waals surface area contributed by atoms with Gasteiger partial charge in [-0.3, -0.25) is 4.98 Å². The number of rotatable bonds is 4. The van der Waals surface area contributed by atoms with Gasteiger partial charge in [-0.25, -0.2) is 4.98 Å². The van der Waals surface area contributed by atoms with Crippen molar-refractivity contribution in [2.45, 2.75) is 27.3 Å². The highest BCUT2D eigenvalue weighted by Crippen LogP contribution is 2.25. The van der Waals surface area contributed by atoms with Crippen LogP contribution in [0.5, 0.6) is 0 Å². The van der Waals surface area contributed by atoms with E-state index in [-0.39, 0.29) is 0 Å². The number of nitrogens with one attached hydrogen (secondary N) is 1. The maximum Gasteiger partial charge on any atom is 0.207 e. The number of imidazole rings is 1. The third-order valence-corrected chi connectivity index (χ3v) is 3.39. The summed E-state index contributed by atoms with van der Waals surface area (Å²) in [4.78, 5) is 8.78. The zero-order valence-corrected chi connectivity index (χ0v) is 12.7. The van der Waals surface area contributed by atoms with Gasteiger partial charge in [-0.1, -0.05) is 26.0 Å². The van der Waals surface area contributed by atoms with Crippen molar-refractivity contribution in [1.29, 1.82) is 0 Å². The predicted octanol–water partition coefficient (Wildman–Crippen LogP) is 4.14. The van der Waals surface area contributed by atoms with Crippen LogP contribution in [0.3, 0.4) is 0 Å². The summed E-state index contributed by atoms with van der Waals surface area (Å²) in [6.07, 6.45) is 5.79. The summed E-state index contributed by atoms with van der Waals surface area (Å²) in [5, 5.41) is 5.75. The Balaban J connectivity index is 1.99. The first-order valence-corrected chi connectivity index (χ1v) is 7.27. The standard InChI is InChI=1S/C17H20N4/c1-12(2)10-21-11-13(3)19-17(21)20-16-6-4-5-14-9-18-8-7-15(14)16/h4-9,11-12H,10H2,1-3H3,(H,19,20). The second-order valence-corrected chi connectivity index (χ2v) is 5.78. The van der Waals surface area contributed by atoms with Crippen LogP contribution < -0.4 is 5.32 Å². The van der Waals surface area contributed by atoms with Gasteiger partial charge < -0.3 is 9.88 Å². The molecule has 2 heterocycles. The average molecular weight is 280 g/mol. The summed E-state index contributed by atoms with van der Waals surface area (Å²) in [7, 11) is 0. The van der Waals surface area contributed by atoms with Gasteiger partial charge in [-0.05, 0) is 25.0 Å². The van der Waals surface area contributed by atoms with Gasteiger partial charge in [0.15, 0.2) is 0 Å². The van der Waals surface area contributed by atoms with E-state index in [0.29, 0.717) is 5.92 Å². The van der Waals surface area contributed by atoms with Crippen LogP contribution in [0.1, 0.15) is 19.5 Å². The maximum atomic E-state index is 4.60. The number of hydrogen-bond acceptors (Lipinski definition) is 3. The molecule has 0 spiro atoms. The summed E-state index contributed by atoms with van der Waals surface area (Å²) >= 11 is 0. The molecule has 0 bridgehead atoms. The molecule has 0 aliphatic heterocycles. The zero-order valence-electron chi connectivity index (χ0n) is 12.7. The van der Waals surface area contributed by atoms with Gasteiger partial charge in [0.05, 0.1) is 5.69 Å². The molecule has 1 N–H and O–H groups in total. The smallest absolute Gasteiger partial charge is 0.207 e. The number of hydrogen-bond donors (Lipinski definition) is 1. The molecule has 0 unspecified atom stereocenters. The fourth-order valence-electron chi connectivity index (χ4n) is 2.53.